The van der Waals surface area contributed by atoms with Gasteiger partial charge in [-0.2, -0.15) is 0 Å². The van der Waals surface area contributed by atoms with Crippen molar-refractivity contribution in [2.75, 3.05) is 14.7 Å². The SMILES string of the molecule is [2H]c1c([2H])c([2H])c(N2c3c([2H])c(N4c5ccccc5C5(C)CCCCC45C)c([2H])c4c3B(c3cc(C(C)(C)C)c5sc6c([2H])c(C(C)(C)C)c([2H])c([2H])c6c5c3N4c3c([2H])c([2H])c([2H])c([2H])c3[2H])c3c2c([2H])c2c([2H])c(C45CC6CC(CC(C6)C4)C5)sc2c3[2H])c([2H])c1[2H]. The second kappa shape index (κ2) is 15.7. The summed E-state index contributed by atoms with van der Waals surface area (Å²) in [6.07, 6.45) is 8.95. The number of para-hydroxylation sites is 3. The Morgan fingerprint density at radius 3 is 1.96 bits per heavy atom. The van der Waals surface area contributed by atoms with E-state index >= 15 is 0 Å². The van der Waals surface area contributed by atoms with Crippen LogP contribution in [0, 0.1) is 17.8 Å². The number of fused-ring (bicyclic) bond motifs is 12. The van der Waals surface area contributed by atoms with Gasteiger partial charge in [-0.1, -0.05) is 134 Å². The molecule has 17 rings (SSSR count). The van der Waals surface area contributed by atoms with Gasteiger partial charge in [0.2, 0.25) is 0 Å². The van der Waals surface area contributed by atoms with Crippen LogP contribution in [0.1, 0.15) is 166 Å². The van der Waals surface area contributed by atoms with Gasteiger partial charge in [0.25, 0.3) is 6.71 Å². The summed E-state index contributed by atoms with van der Waals surface area (Å²) in [7, 11) is 0. The van der Waals surface area contributed by atoms with Crippen molar-refractivity contribution in [3.05, 3.63) is 161 Å². The Morgan fingerprint density at radius 2 is 1.28 bits per heavy atom. The monoisotopic (exact) mass is 1050 g/mol. The van der Waals surface area contributed by atoms with Gasteiger partial charge in [-0.3, -0.25) is 0 Å². The molecule has 5 aliphatic carbocycles. The average molecular weight is 1050 g/mol. The van der Waals surface area contributed by atoms with Crippen molar-refractivity contribution in [2.24, 2.45) is 17.8 Å². The van der Waals surface area contributed by atoms with Crippen molar-refractivity contribution >= 4 is 122 Å². The highest BCUT2D eigenvalue weighted by Gasteiger charge is 2.58. The van der Waals surface area contributed by atoms with Crippen molar-refractivity contribution in [1.82, 2.24) is 0 Å². The fraction of sp³-hybridized carbons (Fsp3) is 0.371. The molecule has 3 nitrogen and oxygen atoms in total. The van der Waals surface area contributed by atoms with Crippen molar-refractivity contribution < 1.29 is 24.7 Å². The molecule has 2 atom stereocenters. The van der Waals surface area contributed by atoms with Gasteiger partial charge in [-0.15, -0.1) is 22.7 Å². The van der Waals surface area contributed by atoms with Crippen LogP contribution < -0.4 is 31.1 Å². The number of hydrogen-bond acceptors (Lipinski definition) is 5. The molecule has 9 aromatic rings. The Hall–Kier alpha value is -5.82. The molecule has 5 heterocycles. The highest BCUT2D eigenvalue weighted by molar-refractivity contribution is 7.26. The molecule has 5 fully saturated rings. The minimum atomic E-state index is -1.35. The molecule has 380 valence electrons. The summed E-state index contributed by atoms with van der Waals surface area (Å²) < 4.78 is 183. The first kappa shape index (κ1) is 31.6. The lowest BCUT2D eigenvalue weighted by molar-refractivity contribution is -0.00343. The molecule has 7 aromatic carbocycles. The van der Waals surface area contributed by atoms with Crippen molar-refractivity contribution in [3.8, 4) is 0 Å². The van der Waals surface area contributed by atoms with Crippen LogP contribution in [0.25, 0.3) is 30.3 Å². The first-order chi connectivity index (χ1) is 44.1. The number of thiophene rings is 2. The summed E-state index contributed by atoms with van der Waals surface area (Å²) in [5, 5.41) is 0.644. The van der Waals surface area contributed by atoms with Crippen molar-refractivity contribution in [3.63, 3.8) is 0 Å². The molecule has 3 aliphatic heterocycles. The second-order valence-electron chi connectivity index (χ2n) is 26.0. The molecule has 0 saturated heterocycles. The van der Waals surface area contributed by atoms with Crippen LogP contribution in [0.15, 0.2) is 139 Å². The molecular weight excluding hydrogens is 958 g/mol. The topological polar surface area (TPSA) is 9.72 Å². The molecule has 5 saturated carbocycles. The number of rotatable bonds is 4. The first-order valence-electron chi connectivity index (χ1n) is 36.5. The number of hydrogen-bond donors (Lipinski definition) is 0. The van der Waals surface area contributed by atoms with Gasteiger partial charge < -0.3 is 14.7 Å². The predicted molar refractivity (Wildman–Crippen MR) is 329 cm³/mol. The van der Waals surface area contributed by atoms with Gasteiger partial charge >= 0.3 is 0 Å². The summed E-state index contributed by atoms with van der Waals surface area (Å²) in [6.45, 7) is 14.7. The fourth-order valence-electron chi connectivity index (χ4n) is 16.2. The van der Waals surface area contributed by atoms with Gasteiger partial charge in [0.15, 0.2) is 0 Å². The average Bonchev–Trinajstić information content (AvgIpc) is 1.09. The van der Waals surface area contributed by atoms with Crippen LogP contribution >= 0.6 is 22.7 Å². The molecular formula is C70H70BN3S2. The summed E-state index contributed by atoms with van der Waals surface area (Å²) in [6, 6.07) is 1.55. The van der Waals surface area contributed by atoms with Crippen LogP contribution in [-0.2, 0) is 21.7 Å². The van der Waals surface area contributed by atoms with E-state index in [0.29, 0.717) is 65.9 Å². The van der Waals surface area contributed by atoms with Gasteiger partial charge in [-0.25, -0.2) is 0 Å². The maximum atomic E-state index is 11.5. The lowest BCUT2D eigenvalue weighted by Gasteiger charge is -2.56. The molecule has 2 unspecified atom stereocenters. The predicted octanol–water partition coefficient (Wildman–Crippen LogP) is 18.2. The molecule has 0 amide bonds. The summed E-state index contributed by atoms with van der Waals surface area (Å²) in [4.78, 5) is 5.65. The standard InChI is InChI=1S/C70H70BN3S2/c1-66(2,3)46-25-26-50-60(34-46)76-65-52(67(4,5)6)37-54-64(62(50)65)73(48-21-13-10-14-22-48)58-36-49(74-55-24-16-15-23-51(55)68(7)27-17-18-28-69(68,74)8)35-57-63(58)71(54)53-38-59-45(32-56(53)72(57)47-19-11-9-12-20-47)33-61(75-59)70-39-42-29-43(40-70)31-44(30-42)41-70/h9-16,19-26,32-38,42-44H,17-18,27-31,39-41H2,1-8H3/i9D,10D,11D,12D,13D,14D,19D,20D,21D,22D,25D,26D,32D,33D,34D,35D,36D,38D. The Morgan fingerprint density at radius 1 is 0.618 bits per heavy atom. The highest BCUT2D eigenvalue weighted by atomic mass is 32.1. The molecule has 8 aliphatic rings. The van der Waals surface area contributed by atoms with Gasteiger partial charge in [-0.05, 0) is 192 Å². The van der Waals surface area contributed by atoms with Crippen molar-refractivity contribution in [2.45, 2.75) is 147 Å². The maximum Gasteiger partial charge on any atom is 0.252 e. The lowest BCUT2D eigenvalue weighted by Crippen LogP contribution is -2.61. The third-order valence-corrected chi connectivity index (χ3v) is 21.8. The van der Waals surface area contributed by atoms with E-state index in [4.69, 9.17) is 2.74 Å². The lowest BCUT2D eigenvalue weighted by atomic mass is 9.33. The zero-order chi connectivity index (χ0) is 67.1. The highest BCUT2D eigenvalue weighted by Crippen LogP contribution is 2.64. The molecule has 0 radical (unpaired) electrons. The third-order valence-electron chi connectivity index (χ3n) is 19.4. The van der Waals surface area contributed by atoms with E-state index in [0.717, 1.165) is 68.2 Å². The Balaban J connectivity index is 1.18. The number of nitrogens with zero attached hydrogens (tertiary/aromatic N) is 3. The Bertz CT molecular complexity index is 4910. The van der Waals surface area contributed by atoms with E-state index in [1.165, 1.54) is 32.5 Å². The molecule has 76 heavy (non-hydrogen) atoms. The summed E-state index contributed by atoms with van der Waals surface area (Å²) >= 11 is 2.61. The van der Waals surface area contributed by atoms with E-state index in [1.807, 2.05) is 70.7 Å². The van der Waals surface area contributed by atoms with E-state index < -0.39 is 100 Å². The largest absolute Gasteiger partial charge is 0.334 e. The smallest absolute Gasteiger partial charge is 0.252 e. The molecule has 4 bridgehead atoms. The van der Waals surface area contributed by atoms with E-state index in [2.05, 4.69) is 19.9 Å². The maximum absolute atomic E-state index is 11.5. The molecule has 2 aromatic heterocycles. The van der Waals surface area contributed by atoms with Gasteiger partial charge in [0, 0.05) is 80.4 Å². The quantitative estimate of drug-likeness (QED) is 0.163. The van der Waals surface area contributed by atoms with E-state index in [1.54, 1.807) is 0 Å². The fourth-order valence-corrected chi connectivity index (χ4v) is 18.8. The third kappa shape index (κ3) is 6.29. The van der Waals surface area contributed by atoms with E-state index in [9.17, 15) is 21.9 Å². The number of anilines is 8. The van der Waals surface area contributed by atoms with E-state index in [-0.39, 0.29) is 104 Å². The minimum absolute atomic E-state index is 0.00940. The normalized spacial score (nSPS) is 29.4. The van der Waals surface area contributed by atoms with Crippen LogP contribution in [0.2, 0.25) is 0 Å². The van der Waals surface area contributed by atoms with Crippen LogP contribution in [-0.4, -0.2) is 12.3 Å². The van der Waals surface area contributed by atoms with Crippen LogP contribution in [0.3, 0.4) is 0 Å². The summed E-state index contributed by atoms with van der Waals surface area (Å²) in [5.74, 6) is 1.41. The van der Waals surface area contributed by atoms with Crippen LogP contribution in [0.4, 0.5) is 45.5 Å². The summed E-state index contributed by atoms with van der Waals surface area (Å²) in [5.41, 5.74) is -1.38. The minimum Gasteiger partial charge on any atom is -0.334 e. The Kier molecular flexibility index (Phi) is 6.51. The molecule has 0 spiro atoms. The molecule has 6 heteroatoms. The van der Waals surface area contributed by atoms with Crippen LogP contribution in [0.5, 0.6) is 0 Å². The van der Waals surface area contributed by atoms with Crippen molar-refractivity contribution in [1.29, 1.82) is 0 Å². The first-order valence-corrected chi connectivity index (χ1v) is 29.2. The zero-order valence-electron chi connectivity index (χ0n) is 62.4. The Labute approximate surface area is 484 Å². The molecule has 0 N–H and O–H groups in total. The number of benzene rings is 7. The zero-order valence-corrected chi connectivity index (χ0v) is 46.1. The van der Waals surface area contributed by atoms with Gasteiger partial charge in [0.05, 0.1) is 35.9 Å². The second-order valence-corrected chi connectivity index (χ2v) is 28.1. The van der Waals surface area contributed by atoms with Gasteiger partial charge in [0.1, 0.15) is 0 Å².